The molecule has 0 spiro atoms. The highest BCUT2D eigenvalue weighted by molar-refractivity contribution is 5.48. The van der Waals surface area contributed by atoms with Crippen LogP contribution in [0.4, 0.5) is 0 Å². The molecule has 0 saturated carbocycles. The fourth-order valence-corrected chi connectivity index (χ4v) is 1.29. The molecule has 1 aliphatic heterocycles. The monoisotopic (exact) mass is 190 g/mol. The van der Waals surface area contributed by atoms with Gasteiger partial charge >= 0.3 is 0 Å². The van der Waals surface area contributed by atoms with Gasteiger partial charge in [0.2, 0.25) is 0 Å². The second-order valence-electron chi connectivity index (χ2n) is 3.49. The van der Waals surface area contributed by atoms with Gasteiger partial charge in [-0.2, -0.15) is 0 Å². The lowest BCUT2D eigenvalue weighted by atomic mass is 10.1. The standard InChI is InChI=1S/C12H14O2/c1-2-10-3-5-12(6-4-10)14-9-11-7-13-8-11/h2-6,11H,1,7-9H2. The van der Waals surface area contributed by atoms with Crippen LogP contribution >= 0.6 is 0 Å². The van der Waals surface area contributed by atoms with Crippen molar-refractivity contribution in [3.63, 3.8) is 0 Å². The highest BCUT2D eigenvalue weighted by Crippen LogP contribution is 2.16. The third-order valence-corrected chi connectivity index (χ3v) is 2.31. The van der Waals surface area contributed by atoms with E-state index < -0.39 is 0 Å². The van der Waals surface area contributed by atoms with Crippen LogP contribution in [0.2, 0.25) is 0 Å². The molecular weight excluding hydrogens is 176 g/mol. The van der Waals surface area contributed by atoms with Crippen molar-refractivity contribution in [3.8, 4) is 5.75 Å². The maximum atomic E-state index is 5.60. The van der Waals surface area contributed by atoms with E-state index in [0.717, 1.165) is 31.1 Å². The average molecular weight is 190 g/mol. The van der Waals surface area contributed by atoms with E-state index in [4.69, 9.17) is 9.47 Å². The number of benzene rings is 1. The fraction of sp³-hybridized carbons (Fsp3) is 0.333. The van der Waals surface area contributed by atoms with Gasteiger partial charge in [-0.25, -0.2) is 0 Å². The van der Waals surface area contributed by atoms with Crippen molar-refractivity contribution >= 4 is 6.08 Å². The summed E-state index contributed by atoms with van der Waals surface area (Å²) in [5.74, 6) is 1.50. The molecule has 0 unspecified atom stereocenters. The normalized spacial score (nSPS) is 16.0. The second kappa shape index (κ2) is 4.29. The van der Waals surface area contributed by atoms with E-state index in [2.05, 4.69) is 6.58 Å². The Hall–Kier alpha value is -1.28. The molecule has 0 N–H and O–H groups in total. The first-order valence-electron chi connectivity index (χ1n) is 4.81. The van der Waals surface area contributed by atoms with E-state index in [1.807, 2.05) is 30.3 Å². The third-order valence-electron chi connectivity index (χ3n) is 2.31. The van der Waals surface area contributed by atoms with Gasteiger partial charge in [0.25, 0.3) is 0 Å². The summed E-state index contributed by atoms with van der Waals surface area (Å²) < 4.78 is 10.7. The molecule has 14 heavy (non-hydrogen) atoms. The molecule has 1 aromatic carbocycles. The first-order chi connectivity index (χ1) is 6.88. The van der Waals surface area contributed by atoms with E-state index in [0.29, 0.717) is 5.92 Å². The summed E-state index contributed by atoms with van der Waals surface area (Å²) in [6, 6.07) is 7.94. The first-order valence-corrected chi connectivity index (χ1v) is 4.81. The lowest BCUT2D eigenvalue weighted by molar-refractivity contribution is -0.0508. The Morgan fingerprint density at radius 2 is 2.07 bits per heavy atom. The summed E-state index contributed by atoms with van der Waals surface area (Å²) >= 11 is 0. The van der Waals surface area contributed by atoms with Crippen LogP contribution in [0, 0.1) is 5.92 Å². The Balaban J connectivity index is 1.85. The highest BCUT2D eigenvalue weighted by atomic mass is 16.5. The van der Waals surface area contributed by atoms with Crippen LogP contribution in [0.5, 0.6) is 5.75 Å². The summed E-state index contributed by atoms with van der Waals surface area (Å²) in [4.78, 5) is 0. The van der Waals surface area contributed by atoms with Crippen LogP contribution in [-0.4, -0.2) is 19.8 Å². The predicted molar refractivity (Wildman–Crippen MR) is 56.3 cm³/mol. The molecule has 0 radical (unpaired) electrons. The summed E-state index contributed by atoms with van der Waals surface area (Å²) in [6.45, 7) is 6.13. The minimum Gasteiger partial charge on any atom is -0.493 e. The zero-order valence-corrected chi connectivity index (χ0v) is 8.11. The van der Waals surface area contributed by atoms with E-state index in [9.17, 15) is 0 Å². The minimum absolute atomic E-state index is 0.578. The molecular formula is C12H14O2. The van der Waals surface area contributed by atoms with Gasteiger partial charge in [0, 0.05) is 5.92 Å². The van der Waals surface area contributed by atoms with Gasteiger partial charge in [-0.1, -0.05) is 24.8 Å². The molecule has 0 aromatic heterocycles. The zero-order valence-electron chi connectivity index (χ0n) is 8.11. The number of ether oxygens (including phenoxy) is 2. The second-order valence-corrected chi connectivity index (χ2v) is 3.49. The van der Waals surface area contributed by atoms with Crippen molar-refractivity contribution in [3.05, 3.63) is 36.4 Å². The molecule has 1 aliphatic rings. The Morgan fingerprint density at radius 1 is 1.36 bits per heavy atom. The molecule has 2 rings (SSSR count). The topological polar surface area (TPSA) is 18.5 Å². The van der Waals surface area contributed by atoms with Gasteiger partial charge in [-0.3, -0.25) is 0 Å². The van der Waals surface area contributed by atoms with Gasteiger partial charge < -0.3 is 9.47 Å². The zero-order chi connectivity index (χ0) is 9.80. The third kappa shape index (κ3) is 2.15. The molecule has 0 bridgehead atoms. The van der Waals surface area contributed by atoms with E-state index in [1.165, 1.54) is 0 Å². The van der Waals surface area contributed by atoms with E-state index >= 15 is 0 Å². The van der Waals surface area contributed by atoms with E-state index in [-0.39, 0.29) is 0 Å². The first kappa shape index (κ1) is 9.28. The summed E-state index contributed by atoms with van der Waals surface area (Å²) in [7, 11) is 0. The average Bonchev–Trinajstić information content (AvgIpc) is 2.16. The van der Waals surface area contributed by atoms with Crippen molar-refractivity contribution in [1.29, 1.82) is 0 Å². The van der Waals surface area contributed by atoms with Gasteiger partial charge in [0.1, 0.15) is 5.75 Å². The fourth-order valence-electron chi connectivity index (χ4n) is 1.29. The highest BCUT2D eigenvalue weighted by Gasteiger charge is 2.18. The largest absolute Gasteiger partial charge is 0.493 e. The van der Waals surface area contributed by atoms with Gasteiger partial charge in [-0.15, -0.1) is 0 Å². The van der Waals surface area contributed by atoms with Gasteiger partial charge in [0.15, 0.2) is 0 Å². The molecule has 0 amide bonds. The van der Waals surface area contributed by atoms with Crippen molar-refractivity contribution < 1.29 is 9.47 Å². The molecule has 2 nitrogen and oxygen atoms in total. The van der Waals surface area contributed by atoms with Crippen molar-refractivity contribution in [2.24, 2.45) is 5.92 Å². The lowest BCUT2D eigenvalue weighted by Crippen LogP contribution is -2.32. The van der Waals surface area contributed by atoms with Crippen molar-refractivity contribution in [2.75, 3.05) is 19.8 Å². The van der Waals surface area contributed by atoms with Crippen LogP contribution in [0.3, 0.4) is 0 Å². The molecule has 1 heterocycles. The van der Waals surface area contributed by atoms with Gasteiger partial charge in [0.05, 0.1) is 19.8 Å². The molecule has 0 aliphatic carbocycles. The maximum absolute atomic E-state index is 5.60. The maximum Gasteiger partial charge on any atom is 0.119 e. The van der Waals surface area contributed by atoms with Gasteiger partial charge in [-0.05, 0) is 17.7 Å². The molecule has 74 valence electrons. The predicted octanol–water partition coefficient (Wildman–Crippen LogP) is 2.35. The number of rotatable bonds is 4. The van der Waals surface area contributed by atoms with Crippen LogP contribution in [0.1, 0.15) is 5.56 Å². The molecule has 0 atom stereocenters. The van der Waals surface area contributed by atoms with Crippen LogP contribution in [0.25, 0.3) is 6.08 Å². The van der Waals surface area contributed by atoms with Crippen LogP contribution in [-0.2, 0) is 4.74 Å². The number of hydrogen-bond acceptors (Lipinski definition) is 2. The summed E-state index contributed by atoms with van der Waals surface area (Å²) in [6.07, 6.45) is 1.82. The Bertz CT molecular complexity index is 299. The van der Waals surface area contributed by atoms with E-state index in [1.54, 1.807) is 0 Å². The quantitative estimate of drug-likeness (QED) is 0.725. The summed E-state index contributed by atoms with van der Waals surface area (Å²) in [5.41, 5.74) is 1.12. The Morgan fingerprint density at radius 3 is 2.57 bits per heavy atom. The van der Waals surface area contributed by atoms with Crippen molar-refractivity contribution in [2.45, 2.75) is 0 Å². The van der Waals surface area contributed by atoms with Crippen LogP contribution < -0.4 is 4.74 Å². The molecule has 1 aromatic rings. The smallest absolute Gasteiger partial charge is 0.119 e. The molecule has 1 fully saturated rings. The van der Waals surface area contributed by atoms with Crippen LogP contribution in [0.15, 0.2) is 30.8 Å². The Labute approximate surface area is 84.2 Å². The molecule has 1 saturated heterocycles. The Kier molecular flexibility index (Phi) is 2.84. The lowest BCUT2D eigenvalue weighted by Gasteiger charge is -2.25. The van der Waals surface area contributed by atoms with Crippen molar-refractivity contribution in [1.82, 2.24) is 0 Å². The SMILES string of the molecule is C=Cc1ccc(OCC2COC2)cc1. The molecule has 2 heteroatoms. The minimum atomic E-state index is 0.578. The number of hydrogen-bond donors (Lipinski definition) is 0. The summed E-state index contributed by atoms with van der Waals surface area (Å²) in [5, 5.41) is 0.